The summed E-state index contributed by atoms with van der Waals surface area (Å²) in [5.41, 5.74) is 1.32. The Morgan fingerprint density at radius 3 is 2.67 bits per heavy atom. The first-order valence-electron chi connectivity index (χ1n) is 5.77. The predicted molar refractivity (Wildman–Crippen MR) is 65.3 cm³/mol. The second kappa shape index (κ2) is 5.31. The summed E-state index contributed by atoms with van der Waals surface area (Å²) in [7, 11) is 1.79. The Labute approximate surface area is 105 Å². The fourth-order valence-corrected chi connectivity index (χ4v) is 2.04. The Bertz CT molecular complexity index is 536. The molecule has 1 aromatic heterocycles. The van der Waals surface area contributed by atoms with Gasteiger partial charge in [-0.2, -0.15) is 0 Å². The van der Waals surface area contributed by atoms with Gasteiger partial charge in [-0.15, -0.1) is 0 Å². The van der Waals surface area contributed by atoms with Crippen molar-refractivity contribution in [3.05, 3.63) is 59.1 Å². The van der Waals surface area contributed by atoms with E-state index in [-0.39, 0.29) is 6.04 Å². The molecule has 1 aromatic carbocycles. The Hall–Kier alpha value is -1.68. The van der Waals surface area contributed by atoms with Crippen LogP contribution in [0.4, 0.5) is 8.78 Å². The van der Waals surface area contributed by atoms with Gasteiger partial charge in [0, 0.05) is 11.6 Å². The van der Waals surface area contributed by atoms with Gasteiger partial charge in [0.05, 0.1) is 6.26 Å². The van der Waals surface area contributed by atoms with Crippen molar-refractivity contribution in [1.82, 2.24) is 5.32 Å². The third-order valence-corrected chi connectivity index (χ3v) is 3.05. The zero-order valence-electron chi connectivity index (χ0n) is 10.3. The van der Waals surface area contributed by atoms with Gasteiger partial charge < -0.3 is 9.73 Å². The monoisotopic (exact) mass is 251 g/mol. The number of hydrogen-bond donors (Lipinski definition) is 1. The van der Waals surface area contributed by atoms with Crippen molar-refractivity contribution in [3.8, 4) is 0 Å². The van der Waals surface area contributed by atoms with Crippen LogP contribution in [0.2, 0.25) is 0 Å². The van der Waals surface area contributed by atoms with E-state index in [1.165, 1.54) is 6.07 Å². The van der Waals surface area contributed by atoms with E-state index < -0.39 is 11.6 Å². The summed E-state index contributed by atoms with van der Waals surface area (Å²) in [6.07, 6.45) is 1.97. The van der Waals surface area contributed by atoms with E-state index in [4.69, 9.17) is 4.42 Å². The smallest absolute Gasteiger partial charge is 0.126 e. The second-order valence-corrected chi connectivity index (χ2v) is 4.21. The molecule has 0 spiro atoms. The minimum Gasteiger partial charge on any atom is -0.469 e. The molecule has 0 radical (unpaired) electrons. The van der Waals surface area contributed by atoms with Gasteiger partial charge in [0.2, 0.25) is 0 Å². The Morgan fingerprint density at radius 2 is 2.06 bits per heavy atom. The SMILES string of the molecule is CNC(Cc1cc(F)ccc1F)c1ccoc1C. The van der Waals surface area contributed by atoms with Gasteiger partial charge in [0.1, 0.15) is 17.4 Å². The summed E-state index contributed by atoms with van der Waals surface area (Å²) in [6.45, 7) is 1.85. The van der Waals surface area contributed by atoms with E-state index in [1.54, 1.807) is 13.3 Å². The molecule has 2 nitrogen and oxygen atoms in total. The van der Waals surface area contributed by atoms with Gasteiger partial charge in [-0.3, -0.25) is 0 Å². The van der Waals surface area contributed by atoms with Crippen LogP contribution in [0.3, 0.4) is 0 Å². The van der Waals surface area contributed by atoms with Crippen LogP contribution < -0.4 is 5.32 Å². The highest BCUT2D eigenvalue weighted by Crippen LogP contribution is 2.23. The minimum absolute atomic E-state index is 0.0972. The highest BCUT2D eigenvalue weighted by molar-refractivity contribution is 5.26. The fraction of sp³-hybridized carbons (Fsp3) is 0.286. The zero-order chi connectivity index (χ0) is 13.1. The minimum atomic E-state index is -0.426. The van der Waals surface area contributed by atoms with Crippen molar-refractivity contribution < 1.29 is 13.2 Å². The van der Waals surface area contributed by atoms with E-state index >= 15 is 0 Å². The summed E-state index contributed by atoms with van der Waals surface area (Å²) in [6, 6.07) is 5.25. The molecule has 1 N–H and O–H groups in total. The maximum Gasteiger partial charge on any atom is 0.126 e. The average molecular weight is 251 g/mol. The molecule has 0 bridgehead atoms. The molecule has 1 unspecified atom stereocenters. The van der Waals surface area contributed by atoms with Crippen LogP contribution in [0.25, 0.3) is 0 Å². The molecule has 18 heavy (non-hydrogen) atoms. The molecular formula is C14H15F2NO. The van der Waals surface area contributed by atoms with Gasteiger partial charge in [0.25, 0.3) is 0 Å². The Morgan fingerprint density at radius 1 is 1.28 bits per heavy atom. The van der Waals surface area contributed by atoms with Crippen LogP contribution in [0, 0.1) is 18.6 Å². The van der Waals surface area contributed by atoms with Gasteiger partial charge in [0.15, 0.2) is 0 Å². The van der Waals surface area contributed by atoms with E-state index in [1.807, 2.05) is 13.0 Å². The summed E-state index contributed by atoms with van der Waals surface area (Å²) in [4.78, 5) is 0. The first-order chi connectivity index (χ1) is 8.61. The molecule has 0 amide bonds. The van der Waals surface area contributed by atoms with Crippen molar-refractivity contribution in [2.75, 3.05) is 7.05 Å². The summed E-state index contributed by atoms with van der Waals surface area (Å²) in [5, 5.41) is 3.09. The zero-order valence-corrected chi connectivity index (χ0v) is 10.3. The molecular weight excluding hydrogens is 236 g/mol. The molecule has 2 rings (SSSR count). The van der Waals surface area contributed by atoms with Gasteiger partial charge >= 0.3 is 0 Å². The van der Waals surface area contributed by atoms with Crippen molar-refractivity contribution in [1.29, 1.82) is 0 Å². The van der Waals surface area contributed by atoms with Crippen molar-refractivity contribution >= 4 is 0 Å². The largest absolute Gasteiger partial charge is 0.469 e. The molecule has 0 aliphatic rings. The summed E-state index contributed by atoms with van der Waals surface area (Å²) < 4.78 is 31.9. The highest BCUT2D eigenvalue weighted by atomic mass is 19.1. The summed E-state index contributed by atoms with van der Waals surface area (Å²) >= 11 is 0. The number of rotatable bonds is 4. The molecule has 0 aliphatic heterocycles. The maximum atomic E-state index is 13.6. The van der Waals surface area contributed by atoms with E-state index in [2.05, 4.69) is 5.32 Å². The molecule has 1 heterocycles. The Balaban J connectivity index is 2.26. The number of hydrogen-bond acceptors (Lipinski definition) is 2. The third kappa shape index (κ3) is 2.59. The molecule has 96 valence electrons. The number of aryl methyl sites for hydroxylation is 1. The molecule has 0 saturated carbocycles. The quantitative estimate of drug-likeness (QED) is 0.901. The lowest BCUT2D eigenvalue weighted by atomic mass is 9.99. The van der Waals surface area contributed by atoms with Crippen LogP contribution in [0.1, 0.15) is 22.9 Å². The number of likely N-dealkylation sites (N-methyl/N-ethyl adjacent to an activating group) is 1. The van der Waals surface area contributed by atoms with Crippen molar-refractivity contribution in [2.24, 2.45) is 0 Å². The first-order valence-corrected chi connectivity index (χ1v) is 5.77. The molecule has 0 saturated heterocycles. The van der Waals surface area contributed by atoms with Gasteiger partial charge in [-0.05, 0) is 50.2 Å². The normalized spacial score (nSPS) is 12.7. The fourth-order valence-electron chi connectivity index (χ4n) is 2.04. The van der Waals surface area contributed by atoms with Crippen molar-refractivity contribution in [3.63, 3.8) is 0 Å². The maximum absolute atomic E-state index is 13.6. The van der Waals surface area contributed by atoms with Crippen LogP contribution >= 0.6 is 0 Å². The molecule has 0 aliphatic carbocycles. The van der Waals surface area contributed by atoms with Gasteiger partial charge in [-0.1, -0.05) is 0 Å². The number of halogens is 2. The predicted octanol–water partition coefficient (Wildman–Crippen LogP) is 3.37. The lowest BCUT2D eigenvalue weighted by molar-refractivity contribution is 0.505. The van der Waals surface area contributed by atoms with E-state index in [0.717, 1.165) is 23.5 Å². The lowest BCUT2D eigenvalue weighted by Gasteiger charge is -2.16. The van der Waals surface area contributed by atoms with E-state index in [0.29, 0.717) is 12.0 Å². The first kappa shape index (κ1) is 12.8. The van der Waals surface area contributed by atoms with Crippen LogP contribution in [0.5, 0.6) is 0 Å². The van der Waals surface area contributed by atoms with Gasteiger partial charge in [-0.25, -0.2) is 8.78 Å². The van der Waals surface area contributed by atoms with Crippen molar-refractivity contribution in [2.45, 2.75) is 19.4 Å². The number of nitrogens with one attached hydrogen (secondary N) is 1. The Kier molecular flexibility index (Phi) is 3.77. The number of benzene rings is 1. The topological polar surface area (TPSA) is 25.2 Å². The molecule has 4 heteroatoms. The van der Waals surface area contributed by atoms with E-state index in [9.17, 15) is 8.78 Å². The average Bonchev–Trinajstić information content (AvgIpc) is 2.77. The second-order valence-electron chi connectivity index (χ2n) is 4.21. The van der Waals surface area contributed by atoms with Crippen LogP contribution in [-0.2, 0) is 6.42 Å². The van der Waals surface area contributed by atoms with Crippen LogP contribution in [-0.4, -0.2) is 7.05 Å². The summed E-state index contributed by atoms with van der Waals surface area (Å²) in [5.74, 6) is -0.0332. The van der Waals surface area contributed by atoms with Crippen LogP contribution in [0.15, 0.2) is 34.9 Å². The molecule has 2 aromatic rings. The third-order valence-electron chi connectivity index (χ3n) is 3.05. The molecule has 0 fully saturated rings. The highest BCUT2D eigenvalue weighted by Gasteiger charge is 2.16. The standard InChI is InChI=1S/C14H15F2NO/c1-9-12(5-6-18-9)14(17-2)8-10-7-11(15)3-4-13(10)16/h3-7,14,17H,8H2,1-2H3. The lowest BCUT2D eigenvalue weighted by Crippen LogP contribution is -2.19. The number of furan rings is 1. The molecule has 1 atom stereocenters.